The predicted octanol–water partition coefficient (Wildman–Crippen LogP) is 5.73. The molecule has 1 amide bonds. The molecule has 0 radical (unpaired) electrons. The number of hydrogen-bond acceptors (Lipinski definition) is 4. The van der Waals surface area contributed by atoms with E-state index in [1.54, 1.807) is 4.90 Å². The molecule has 33 heavy (non-hydrogen) atoms. The largest absolute Gasteiger partial charge is 0.444 e. The molecule has 5 heteroatoms. The molecule has 0 aromatic heterocycles. The van der Waals surface area contributed by atoms with Gasteiger partial charge in [-0.3, -0.25) is 4.90 Å². The fourth-order valence-corrected chi connectivity index (χ4v) is 4.13. The monoisotopic (exact) mass is 451 g/mol. The molecule has 5 nitrogen and oxygen atoms in total. The normalized spacial score (nSPS) is 18.3. The Morgan fingerprint density at radius 2 is 1.73 bits per heavy atom. The molecule has 3 rings (SSSR count). The van der Waals surface area contributed by atoms with E-state index >= 15 is 0 Å². The van der Waals surface area contributed by atoms with Crippen molar-refractivity contribution < 1.29 is 19.4 Å². The molecule has 1 aliphatic rings. The van der Waals surface area contributed by atoms with Crippen LogP contribution >= 0.6 is 0 Å². The van der Waals surface area contributed by atoms with Crippen molar-refractivity contribution in [3.05, 3.63) is 83.4 Å². The van der Waals surface area contributed by atoms with Crippen LogP contribution in [0.3, 0.4) is 0 Å². The standard InChI is InChI=1S/C28H37NO4/c1-28(2,3)33-27(31)29(18-22-11-6-4-7-12-22)26(17-24-15-10-16-25(24)19-30)21-32-20-23-13-8-5-9-14-23/h4-9,11-14,17,25-26,30H,10,15-16,18-21H2,1-3H3/b24-17-/t25-,26+/m0/s1. The van der Waals surface area contributed by atoms with Crippen LogP contribution in [-0.4, -0.2) is 41.0 Å². The van der Waals surface area contributed by atoms with Crippen LogP contribution in [-0.2, 0) is 22.6 Å². The summed E-state index contributed by atoms with van der Waals surface area (Å²) in [5.41, 5.74) is 2.72. The third-order valence-corrected chi connectivity index (χ3v) is 5.79. The molecular weight excluding hydrogens is 414 g/mol. The quantitative estimate of drug-likeness (QED) is 0.495. The number of aliphatic hydroxyl groups excluding tert-OH is 1. The van der Waals surface area contributed by atoms with E-state index in [0.717, 1.165) is 30.4 Å². The number of benzene rings is 2. The molecule has 178 valence electrons. The highest BCUT2D eigenvalue weighted by atomic mass is 16.6. The van der Waals surface area contributed by atoms with Crippen LogP contribution < -0.4 is 0 Å². The van der Waals surface area contributed by atoms with Gasteiger partial charge in [0, 0.05) is 19.1 Å². The summed E-state index contributed by atoms with van der Waals surface area (Å²) in [6.45, 7) is 7.01. The van der Waals surface area contributed by atoms with E-state index in [1.807, 2.05) is 81.4 Å². The van der Waals surface area contributed by atoms with Gasteiger partial charge in [-0.15, -0.1) is 0 Å². The lowest BCUT2D eigenvalue weighted by molar-refractivity contribution is 0.00402. The average molecular weight is 452 g/mol. The van der Waals surface area contributed by atoms with E-state index in [9.17, 15) is 9.90 Å². The Bertz CT molecular complexity index is 889. The molecule has 2 aromatic carbocycles. The molecule has 0 spiro atoms. The number of ether oxygens (including phenoxy) is 2. The first-order chi connectivity index (χ1) is 15.9. The lowest BCUT2D eigenvalue weighted by atomic mass is 10.0. The zero-order valence-corrected chi connectivity index (χ0v) is 20.1. The van der Waals surface area contributed by atoms with Crippen LogP contribution in [0.4, 0.5) is 4.79 Å². The summed E-state index contributed by atoms with van der Waals surface area (Å²) in [5, 5.41) is 9.83. The van der Waals surface area contributed by atoms with Crippen LogP contribution in [0.5, 0.6) is 0 Å². The van der Waals surface area contributed by atoms with Gasteiger partial charge in [0.25, 0.3) is 0 Å². The zero-order valence-electron chi connectivity index (χ0n) is 20.1. The predicted molar refractivity (Wildman–Crippen MR) is 131 cm³/mol. The fourth-order valence-electron chi connectivity index (χ4n) is 4.13. The highest BCUT2D eigenvalue weighted by Gasteiger charge is 2.30. The molecule has 0 saturated heterocycles. The average Bonchev–Trinajstić information content (AvgIpc) is 3.24. The van der Waals surface area contributed by atoms with Crippen LogP contribution in [0.15, 0.2) is 72.3 Å². The number of carbonyl (C=O) groups excluding carboxylic acids is 1. The van der Waals surface area contributed by atoms with Crippen molar-refractivity contribution in [2.45, 2.75) is 64.8 Å². The Morgan fingerprint density at radius 1 is 1.09 bits per heavy atom. The maximum Gasteiger partial charge on any atom is 0.411 e. The van der Waals surface area contributed by atoms with E-state index < -0.39 is 5.60 Å². The maximum atomic E-state index is 13.3. The minimum atomic E-state index is -0.602. The highest BCUT2D eigenvalue weighted by molar-refractivity contribution is 5.69. The summed E-state index contributed by atoms with van der Waals surface area (Å²) in [6.07, 6.45) is 4.74. The van der Waals surface area contributed by atoms with E-state index in [2.05, 4.69) is 6.08 Å². The van der Waals surface area contributed by atoms with Gasteiger partial charge in [-0.25, -0.2) is 4.79 Å². The van der Waals surface area contributed by atoms with Gasteiger partial charge in [-0.05, 0) is 51.2 Å². The second-order valence-electron chi connectivity index (χ2n) is 9.68. The van der Waals surface area contributed by atoms with Crippen molar-refractivity contribution in [1.29, 1.82) is 0 Å². The lowest BCUT2D eigenvalue weighted by Gasteiger charge is -2.33. The van der Waals surface area contributed by atoms with Gasteiger partial charge in [0.1, 0.15) is 5.60 Å². The van der Waals surface area contributed by atoms with Crippen molar-refractivity contribution in [3.63, 3.8) is 0 Å². The summed E-state index contributed by atoms with van der Waals surface area (Å²) in [4.78, 5) is 15.1. The van der Waals surface area contributed by atoms with Crippen LogP contribution in [0.2, 0.25) is 0 Å². The summed E-state index contributed by atoms with van der Waals surface area (Å²) >= 11 is 0. The summed E-state index contributed by atoms with van der Waals surface area (Å²) in [6, 6.07) is 19.7. The first-order valence-electron chi connectivity index (χ1n) is 11.8. The minimum Gasteiger partial charge on any atom is -0.444 e. The van der Waals surface area contributed by atoms with Crippen LogP contribution in [0.25, 0.3) is 0 Å². The van der Waals surface area contributed by atoms with E-state index in [1.165, 1.54) is 5.57 Å². The van der Waals surface area contributed by atoms with Crippen molar-refractivity contribution in [1.82, 2.24) is 4.90 Å². The Balaban J connectivity index is 1.86. The number of nitrogens with zero attached hydrogens (tertiary/aromatic N) is 1. The number of carbonyl (C=O) groups is 1. The Hall–Kier alpha value is -2.63. The van der Waals surface area contributed by atoms with Crippen molar-refractivity contribution in [2.24, 2.45) is 5.92 Å². The number of rotatable bonds is 9. The smallest absolute Gasteiger partial charge is 0.411 e. The van der Waals surface area contributed by atoms with E-state index in [-0.39, 0.29) is 24.7 Å². The molecule has 0 bridgehead atoms. The molecule has 1 fully saturated rings. The fraction of sp³-hybridized carbons (Fsp3) is 0.464. The van der Waals surface area contributed by atoms with Gasteiger partial charge >= 0.3 is 6.09 Å². The Morgan fingerprint density at radius 3 is 2.33 bits per heavy atom. The number of hydrogen-bond donors (Lipinski definition) is 1. The molecule has 2 aromatic rings. The van der Waals surface area contributed by atoms with Gasteiger partial charge in [0.15, 0.2) is 0 Å². The topological polar surface area (TPSA) is 59.0 Å². The molecule has 0 aliphatic heterocycles. The molecule has 0 unspecified atom stereocenters. The Kier molecular flexibility index (Phi) is 9.10. The molecule has 2 atom stereocenters. The number of amides is 1. The summed E-state index contributed by atoms with van der Waals surface area (Å²) in [7, 11) is 0. The highest BCUT2D eigenvalue weighted by Crippen LogP contribution is 2.32. The second-order valence-corrected chi connectivity index (χ2v) is 9.68. The molecule has 1 saturated carbocycles. The van der Waals surface area contributed by atoms with Gasteiger partial charge in [-0.1, -0.05) is 72.3 Å². The molecule has 1 N–H and O–H groups in total. The first kappa shape index (κ1) is 25.0. The van der Waals surface area contributed by atoms with Gasteiger partial charge in [-0.2, -0.15) is 0 Å². The van der Waals surface area contributed by atoms with Crippen LogP contribution in [0, 0.1) is 5.92 Å². The van der Waals surface area contributed by atoms with Crippen molar-refractivity contribution in [3.8, 4) is 0 Å². The zero-order chi connectivity index (χ0) is 23.7. The summed E-state index contributed by atoms with van der Waals surface area (Å²) < 4.78 is 11.9. The molecule has 1 aliphatic carbocycles. The van der Waals surface area contributed by atoms with E-state index in [4.69, 9.17) is 9.47 Å². The van der Waals surface area contributed by atoms with Gasteiger partial charge in [0.2, 0.25) is 0 Å². The number of aliphatic hydroxyl groups is 1. The minimum absolute atomic E-state index is 0.133. The Labute approximate surface area is 198 Å². The summed E-state index contributed by atoms with van der Waals surface area (Å²) in [5.74, 6) is 0.152. The van der Waals surface area contributed by atoms with Gasteiger partial charge < -0.3 is 14.6 Å². The first-order valence-corrected chi connectivity index (χ1v) is 11.8. The third kappa shape index (κ3) is 8.02. The SMILES string of the molecule is CC(C)(C)OC(=O)N(Cc1ccccc1)[C@H](/C=C1/CCC[C@H]1CO)COCc1ccccc1. The molecular formula is C28H37NO4. The van der Waals surface area contributed by atoms with E-state index in [0.29, 0.717) is 19.8 Å². The van der Waals surface area contributed by atoms with Crippen LogP contribution in [0.1, 0.15) is 51.2 Å². The lowest BCUT2D eigenvalue weighted by Crippen LogP contribution is -2.44. The third-order valence-electron chi connectivity index (χ3n) is 5.79. The van der Waals surface area contributed by atoms with Crippen molar-refractivity contribution in [2.75, 3.05) is 13.2 Å². The van der Waals surface area contributed by atoms with Crippen molar-refractivity contribution >= 4 is 6.09 Å². The maximum absolute atomic E-state index is 13.3. The molecule has 0 heterocycles. The second kappa shape index (κ2) is 12.0. The van der Waals surface area contributed by atoms with Gasteiger partial charge in [0.05, 0.1) is 19.3 Å².